The number of hydrogen-bond donors (Lipinski definition) is 1. The third-order valence-electron chi connectivity index (χ3n) is 4.02. The van der Waals surface area contributed by atoms with Gasteiger partial charge in [0, 0.05) is 25.1 Å². The lowest BCUT2D eigenvalue weighted by Gasteiger charge is -2.35. The monoisotopic (exact) mass is 287 g/mol. The number of amides is 1. The van der Waals surface area contributed by atoms with Gasteiger partial charge in [-0.3, -0.25) is 4.79 Å². The molecule has 0 atom stereocenters. The molecular formula is C15H17N3O3. The molecule has 2 fully saturated rings. The molecule has 0 aromatic carbocycles. The van der Waals surface area contributed by atoms with Gasteiger partial charge in [-0.2, -0.15) is 5.26 Å². The number of aromatic nitrogens is 1. The van der Waals surface area contributed by atoms with E-state index in [4.69, 9.17) is 14.7 Å². The first kappa shape index (κ1) is 14.0. The van der Waals surface area contributed by atoms with Crippen molar-refractivity contribution in [3.05, 3.63) is 29.6 Å². The summed E-state index contributed by atoms with van der Waals surface area (Å²) in [6.45, 7) is 1.32. The normalized spacial score (nSPS) is 21.1. The molecule has 1 aliphatic heterocycles. The molecule has 2 heterocycles. The number of carbonyl (C=O) groups excluding carboxylic acids is 1. The minimum atomic E-state index is -0.409. The average Bonchev–Trinajstić information content (AvgIpc) is 2.98. The Bertz CT molecular complexity index is 549. The second-order valence-corrected chi connectivity index (χ2v) is 5.40. The molecule has 6 heteroatoms. The molecule has 3 rings (SSSR count). The van der Waals surface area contributed by atoms with Crippen molar-refractivity contribution < 1.29 is 14.3 Å². The largest absolute Gasteiger partial charge is 0.348 e. The van der Waals surface area contributed by atoms with Gasteiger partial charge in [-0.1, -0.05) is 0 Å². The summed E-state index contributed by atoms with van der Waals surface area (Å²) < 4.78 is 11.3. The summed E-state index contributed by atoms with van der Waals surface area (Å²) in [6, 6.07) is 5.27. The molecule has 6 nitrogen and oxygen atoms in total. The first-order valence-electron chi connectivity index (χ1n) is 7.16. The number of pyridine rings is 1. The van der Waals surface area contributed by atoms with Crippen LogP contribution in [0.25, 0.3) is 0 Å². The van der Waals surface area contributed by atoms with Gasteiger partial charge in [-0.25, -0.2) is 4.98 Å². The topological polar surface area (TPSA) is 84.2 Å². The maximum atomic E-state index is 12.1. The zero-order valence-corrected chi connectivity index (χ0v) is 11.7. The summed E-state index contributed by atoms with van der Waals surface area (Å²) in [5, 5.41) is 11.7. The standard InChI is InChI=1S/C15H17N3O3/c16-9-11-1-2-13(17-10-11)14(19)18-12-3-5-15(6-4-12)20-7-8-21-15/h1-2,10,12H,3-8H2,(H,18,19). The molecule has 21 heavy (non-hydrogen) atoms. The number of hydrogen-bond acceptors (Lipinski definition) is 5. The predicted molar refractivity (Wildman–Crippen MR) is 73.3 cm³/mol. The molecule has 1 N–H and O–H groups in total. The zero-order chi connectivity index (χ0) is 14.7. The van der Waals surface area contributed by atoms with Gasteiger partial charge in [0.05, 0.1) is 18.8 Å². The fourth-order valence-corrected chi connectivity index (χ4v) is 2.84. The van der Waals surface area contributed by atoms with E-state index in [0.717, 1.165) is 25.7 Å². The molecule has 1 aromatic rings. The van der Waals surface area contributed by atoms with E-state index in [1.54, 1.807) is 12.1 Å². The van der Waals surface area contributed by atoms with Gasteiger partial charge in [0.2, 0.25) is 0 Å². The van der Waals surface area contributed by atoms with Crippen molar-refractivity contribution in [3.8, 4) is 6.07 Å². The van der Waals surface area contributed by atoms with Gasteiger partial charge >= 0.3 is 0 Å². The van der Waals surface area contributed by atoms with E-state index in [9.17, 15) is 4.79 Å². The van der Waals surface area contributed by atoms with Crippen molar-refractivity contribution in [2.45, 2.75) is 37.5 Å². The summed E-state index contributed by atoms with van der Waals surface area (Å²) in [5.41, 5.74) is 0.782. The molecule has 1 spiro atoms. The lowest BCUT2D eigenvalue weighted by atomic mass is 9.90. The number of rotatable bonds is 2. The second-order valence-electron chi connectivity index (χ2n) is 5.40. The predicted octanol–water partition coefficient (Wildman–Crippen LogP) is 1.37. The van der Waals surface area contributed by atoms with Gasteiger partial charge < -0.3 is 14.8 Å². The maximum absolute atomic E-state index is 12.1. The molecule has 1 aromatic heterocycles. The zero-order valence-electron chi connectivity index (χ0n) is 11.7. The van der Waals surface area contributed by atoms with Crippen LogP contribution >= 0.6 is 0 Å². The summed E-state index contributed by atoms with van der Waals surface area (Å²) >= 11 is 0. The van der Waals surface area contributed by atoms with E-state index in [1.165, 1.54) is 6.20 Å². The Morgan fingerprint density at radius 1 is 1.33 bits per heavy atom. The highest BCUT2D eigenvalue weighted by Crippen LogP contribution is 2.35. The molecule has 1 aliphatic carbocycles. The Balaban J connectivity index is 1.55. The Morgan fingerprint density at radius 3 is 2.62 bits per heavy atom. The number of nitrogens with one attached hydrogen (secondary N) is 1. The molecular weight excluding hydrogens is 270 g/mol. The van der Waals surface area contributed by atoms with Crippen molar-refractivity contribution in [1.29, 1.82) is 5.26 Å². The van der Waals surface area contributed by atoms with E-state index in [2.05, 4.69) is 10.3 Å². The Hall–Kier alpha value is -1.97. The van der Waals surface area contributed by atoms with Crippen LogP contribution in [0.1, 0.15) is 41.7 Å². The molecule has 110 valence electrons. The second kappa shape index (κ2) is 5.80. The van der Waals surface area contributed by atoms with Crippen molar-refractivity contribution in [2.24, 2.45) is 0 Å². The van der Waals surface area contributed by atoms with E-state index < -0.39 is 5.79 Å². The Labute approximate surface area is 123 Å². The van der Waals surface area contributed by atoms with Crippen molar-refractivity contribution in [2.75, 3.05) is 13.2 Å². The van der Waals surface area contributed by atoms with Crippen LogP contribution in [-0.4, -0.2) is 35.9 Å². The summed E-state index contributed by atoms with van der Waals surface area (Å²) in [7, 11) is 0. The van der Waals surface area contributed by atoms with E-state index >= 15 is 0 Å². The number of carbonyl (C=O) groups is 1. The quantitative estimate of drug-likeness (QED) is 0.888. The molecule has 1 saturated heterocycles. The van der Waals surface area contributed by atoms with Crippen LogP contribution in [-0.2, 0) is 9.47 Å². The smallest absolute Gasteiger partial charge is 0.270 e. The van der Waals surface area contributed by atoms with Crippen molar-refractivity contribution in [1.82, 2.24) is 10.3 Å². The van der Waals surface area contributed by atoms with Gasteiger partial charge in [-0.15, -0.1) is 0 Å². The van der Waals surface area contributed by atoms with Gasteiger partial charge in [-0.05, 0) is 25.0 Å². The number of nitriles is 1. The summed E-state index contributed by atoms with van der Waals surface area (Å²) in [6.07, 6.45) is 4.69. The first-order valence-corrected chi connectivity index (χ1v) is 7.16. The molecule has 1 amide bonds. The third-order valence-corrected chi connectivity index (χ3v) is 4.02. The fourth-order valence-electron chi connectivity index (χ4n) is 2.84. The average molecular weight is 287 g/mol. The highest BCUT2D eigenvalue weighted by atomic mass is 16.7. The SMILES string of the molecule is N#Cc1ccc(C(=O)NC2CCC3(CC2)OCCO3)nc1. The number of nitrogens with zero attached hydrogens (tertiary/aromatic N) is 2. The first-order chi connectivity index (χ1) is 10.2. The van der Waals surface area contributed by atoms with E-state index in [1.807, 2.05) is 6.07 Å². The minimum absolute atomic E-state index is 0.119. The van der Waals surface area contributed by atoms with Crippen LogP contribution in [0.15, 0.2) is 18.3 Å². The molecule has 2 aliphatic rings. The minimum Gasteiger partial charge on any atom is -0.348 e. The van der Waals surface area contributed by atoms with E-state index in [0.29, 0.717) is 24.5 Å². The fraction of sp³-hybridized carbons (Fsp3) is 0.533. The van der Waals surface area contributed by atoms with Crippen LogP contribution in [0, 0.1) is 11.3 Å². The van der Waals surface area contributed by atoms with Crippen LogP contribution in [0.3, 0.4) is 0 Å². The van der Waals surface area contributed by atoms with Gasteiger partial charge in [0.15, 0.2) is 5.79 Å². The maximum Gasteiger partial charge on any atom is 0.270 e. The van der Waals surface area contributed by atoms with E-state index in [-0.39, 0.29) is 11.9 Å². The van der Waals surface area contributed by atoms with Gasteiger partial charge in [0.1, 0.15) is 11.8 Å². The van der Waals surface area contributed by atoms with Gasteiger partial charge in [0.25, 0.3) is 5.91 Å². The van der Waals surface area contributed by atoms with Crippen LogP contribution in [0.4, 0.5) is 0 Å². The highest BCUT2D eigenvalue weighted by molar-refractivity contribution is 5.92. The Kier molecular flexibility index (Phi) is 3.86. The Morgan fingerprint density at radius 2 is 2.05 bits per heavy atom. The molecule has 0 radical (unpaired) electrons. The lowest BCUT2D eigenvalue weighted by molar-refractivity contribution is -0.179. The highest BCUT2D eigenvalue weighted by Gasteiger charge is 2.40. The molecule has 1 saturated carbocycles. The van der Waals surface area contributed by atoms with Crippen molar-refractivity contribution >= 4 is 5.91 Å². The van der Waals surface area contributed by atoms with Crippen LogP contribution < -0.4 is 5.32 Å². The third kappa shape index (κ3) is 3.04. The molecule has 0 unspecified atom stereocenters. The van der Waals surface area contributed by atoms with Crippen LogP contribution in [0.2, 0.25) is 0 Å². The number of ether oxygens (including phenoxy) is 2. The summed E-state index contributed by atoms with van der Waals surface area (Å²) in [4.78, 5) is 16.1. The lowest BCUT2D eigenvalue weighted by Crippen LogP contribution is -2.44. The van der Waals surface area contributed by atoms with Crippen LogP contribution in [0.5, 0.6) is 0 Å². The molecule has 0 bridgehead atoms. The summed E-state index contributed by atoms with van der Waals surface area (Å²) in [5.74, 6) is -0.609. The van der Waals surface area contributed by atoms with Crippen molar-refractivity contribution in [3.63, 3.8) is 0 Å².